The molecule has 2 atom stereocenters. The van der Waals surface area contributed by atoms with Crippen LogP contribution in [0.15, 0.2) is 109 Å². The van der Waals surface area contributed by atoms with Gasteiger partial charge in [-0.25, -0.2) is 0 Å². The molecule has 5 aromatic carbocycles. The van der Waals surface area contributed by atoms with Gasteiger partial charge in [-0.1, -0.05) is 157 Å². The first-order chi connectivity index (χ1) is 27.0. The Morgan fingerprint density at radius 1 is 0.569 bits per heavy atom. The summed E-state index contributed by atoms with van der Waals surface area (Å²) in [5.41, 5.74) is 18.4. The topological polar surface area (TPSA) is 6.48 Å². The van der Waals surface area contributed by atoms with Crippen molar-refractivity contribution >= 4 is 28.4 Å². The van der Waals surface area contributed by atoms with Crippen LogP contribution in [0, 0.1) is 6.92 Å². The lowest BCUT2D eigenvalue weighted by Gasteiger charge is -2.50. The summed E-state index contributed by atoms with van der Waals surface area (Å²) in [6.45, 7) is 33.2. The molecule has 8 rings (SSSR count). The molecule has 0 radical (unpaired) electrons. The van der Waals surface area contributed by atoms with Gasteiger partial charge in [0, 0.05) is 39.0 Å². The van der Waals surface area contributed by atoms with E-state index in [9.17, 15) is 0 Å². The van der Waals surface area contributed by atoms with E-state index in [2.05, 4.69) is 216 Å². The van der Waals surface area contributed by atoms with Crippen LogP contribution in [0.3, 0.4) is 0 Å². The average Bonchev–Trinajstić information content (AvgIpc) is 3.53. The molecule has 2 heteroatoms. The van der Waals surface area contributed by atoms with Crippen LogP contribution in [0.1, 0.15) is 155 Å². The minimum absolute atomic E-state index is 0.00428. The monoisotopic (exact) mass is 769 g/mol. The van der Waals surface area contributed by atoms with Crippen molar-refractivity contribution in [1.29, 1.82) is 0 Å². The van der Waals surface area contributed by atoms with Crippen LogP contribution in [0.2, 0.25) is 0 Å². The summed E-state index contributed by atoms with van der Waals surface area (Å²) in [5, 5.41) is 0. The van der Waals surface area contributed by atoms with Gasteiger partial charge in [-0.15, -0.1) is 0 Å². The Morgan fingerprint density at radius 3 is 1.81 bits per heavy atom. The highest BCUT2D eigenvalue weighted by atomic mass is 15.3. The van der Waals surface area contributed by atoms with Gasteiger partial charge in [0.25, 0.3) is 0 Å². The van der Waals surface area contributed by atoms with Crippen LogP contribution >= 0.6 is 0 Å². The molecule has 2 unspecified atom stereocenters. The number of anilines is 4. The molecular formula is C56H68N2. The van der Waals surface area contributed by atoms with E-state index in [-0.39, 0.29) is 32.6 Å². The summed E-state index contributed by atoms with van der Waals surface area (Å²) in [7, 11) is 0. The summed E-state index contributed by atoms with van der Waals surface area (Å²) < 4.78 is 0. The fourth-order valence-electron chi connectivity index (χ4n) is 10.5. The highest BCUT2D eigenvalue weighted by Gasteiger charge is 2.58. The Bertz CT molecular complexity index is 2420. The van der Waals surface area contributed by atoms with Crippen LogP contribution in [-0.4, -0.2) is 5.54 Å². The second-order valence-corrected chi connectivity index (χ2v) is 22.1. The van der Waals surface area contributed by atoms with Gasteiger partial charge < -0.3 is 9.80 Å². The molecule has 2 nitrogen and oxygen atoms in total. The van der Waals surface area contributed by atoms with Crippen LogP contribution in [0.4, 0.5) is 22.7 Å². The van der Waals surface area contributed by atoms with E-state index in [1.807, 2.05) is 0 Å². The third-order valence-corrected chi connectivity index (χ3v) is 14.3. The number of benzene rings is 5. The lowest BCUT2D eigenvalue weighted by atomic mass is 9.61. The van der Waals surface area contributed by atoms with Crippen molar-refractivity contribution in [2.45, 2.75) is 155 Å². The van der Waals surface area contributed by atoms with Gasteiger partial charge in [-0.05, 0) is 130 Å². The standard InChI is InChI=1S/C56H68N2/c1-37-30-42(35-43(31-37)58-49-27-24-41(53(8,9)10)34-47(49)55(13)28-18-19-29-56(55,58)14)57(50-36-54(11,12)46-25-22-39(33-45(46)50)51(2,3)4)48-26-23-40(52(5,6)7)32-44(48)38-20-16-15-17-21-38/h15-17,20-27,30-36H,18-19,28-29H2,1-14H3. The second kappa shape index (κ2) is 13.5. The quantitative estimate of drug-likeness (QED) is 0.176. The third kappa shape index (κ3) is 6.54. The van der Waals surface area contributed by atoms with Crippen molar-refractivity contribution in [2.24, 2.45) is 0 Å². The highest BCUT2D eigenvalue weighted by molar-refractivity contribution is 5.98. The molecule has 1 fully saturated rings. The summed E-state index contributed by atoms with van der Waals surface area (Å²) in [6.07, 6.45) is 7.45. The minimum atomic E-state index is -0.139. The molecule has 2 aliphatic carbocycles. The number of aryl methyl sites for hydroxylation is 1. The maximum atomic E-state index is 2.77. The van der Waals surface area contributed by atoms with E-state index in [1.54, 1.807) is 0 Å². The maximum absolute atomic E-state index is 2.77. The number of fused-ring (bicyclic) bond motifs is 4. The first-order valence-corrected chi connectivity index (χ1v) is 22.0. The van der Waals surface area contributed by atoms with Crippen molar-refractivity contribution in [3.8, 4) is 11.1 Å². The summed E-state index contributed by atoms with van der Waals surface area (Å²) in [4.78, 5) is 5.38. The number of rotatable bonds is 5. The van der Waals surface area contributed by atoms with Gasteiger partial charge in [0.05, 0.1) is 16.9 Å². The SMILES string of the molecule is Cc1cc(N(C2=CC(C)(C)c3ccc(C(C)(C)C)cc32)c2ccc(C(C)(C)C)cc2-c2ccccc2)cc(N2c3ccc(C(C)(C)C)cc3C3(C)CCCCC23C)c1. The summed E-state index contributed by atoms with van der Waals surface area (Å²) in [6, 6.07) is 40.4. The fraction of sp³-hybridized carbons (Fsp3) is 0.429. The van der Waals surface area contributed by atoms with E-state index < -0.39 is 0 Å². The minimum Gasteiger partial charge on any atom is -0.334 e. The summed E-state index contributed by atoms with van der Waals surface area (Å²) >= 11 is 0. The zero-order chi connectivity index (χ0) is 41.8. The van der Waals surface area contributed by atoms with Crippen LogP contribution in [-0.2, 0) is 27.1 Å². The number of nitrogens with zero attached hydrogens (tertiary/aromatic N) is 2. The molecule has 0 N–H and O–H groups in total. The van der Waals surface area contributed by atoms with Gasteiger partial charge >= 0.3 is 0 Å². The van der Waals surface area contributed by atoms with E-state index in [0.29, 0.717) is 0 Å². The van der Waals surface area contributed by atoms with E-state index >= 15 is 0 Å². The van der Waals surface area contributed by atoms with Crippen LogP contribution in [0.25, 0.3) is 16.8 Å². The third-order valence-electron chi connectivity index (χ3n) is 14.3. The number of hydrogen-bond donors (Lipinski definition) is 0. The largest absolute Gasteiger partial charge is 0.334 e. The molecule has 302 valence electrons. The van der Waals surface area contributed by atoms with Crippen molar-refractivity contribution in [1.82, 2.24) is 0 Å². The lowest BCUT2D eigenvalue weighted by Crippen LogP contribution is -2.54. The Labute approximate surface area is 351 Å². The first kappa shape index (κ1) is 40.2. The predicted molar refractivity (Wildman–Crippen MR) is 252 cm³/mol. The normalized spacial score (nSPS) is 21.3. The van der Waals surface area contributed by atoms with E-state index in [1.165, 1.54) is 104 Å². The van der Waals surface area contributed by atoms with Gasteiger partial charge in [-0.2, -0.15) is 0 Å². The molecule has 0 amide bonds. The van der Waals surface area contributed by atoms with E-state index in [0.717, 1.165) is 0 Å². The second-order valence-electron chi connectivity index (χ2n) is 22.1. The molecular weight excluding hydrogens is 701 g/mol. The smallest absolute Gasteiger partial charge is 0.0540 e. The Balaban J connectivity index is 1.41. The van der Waals surface area contributed by atoms with Gasteiger partial charge in [0.1, 0.15) is 0 Å². The average molecular weight is 769 g/mol. The van der Waals surface area contributed by atoms with Crippen molar-refractivity contribution in [2.75, 3.05) is 9.80 Å². The summed E-state index contributed by atoms with van der Waals surface area (Å²) in [5.74, 6) is 0. The van der Waals surface area contributed by atoms with Crippen molar-refractivity contribution < 1.29 is 0 Å². The lowest BCUT2D eigenvalue weighted by molar-refractivity contribution is 0.195. The molecule has 1 heterocycles. The van der Waals surface area contributed by atoms with Gasteiger partial charge in [0.15, 0.2) is 0 Å². The first-order valence-electron chi connectivity index (χ1n) is 22.0. The molecule has 0 bridgehead atoms. The van der Waals surface area contributed by atoms with Crippen LogP contribution < -0.4 is 9.80 Å². The van der Waals surface area contributed by atoms with Crippen molar-refractivity contribution in [3.05, 3.63) is 148 Å². The molecule has 3 aliphatic rings. The Morgan fingerprint density at radius 2 is 1.16 bits per heavy atom. The zero-order valence-electron chi connectivity index (χ0n) is 38.1. The maximum Gasteiger partial charge on any atom is 0.0540 e. The molecule has 58 heavy (non-hydrogen) atoms. The fourth-order valence-corrected chi connectivity index (χ4v) is 10.5. The Hall–Kier alpha value is -4.56. The number of allylic oxidation sites excluding steroid dienone is 1. The highest BCUT2D eigenvalue weighted by Crippen LogP contribution is 2.62. The van der Waals surface area contributed by atoms with Crippen LogP contribution in [0.5, 0.6) is 0 Å². The molecule has 1 aliphatic heterocycles. The molecule has 0 saturated heterocycles. The molecule has 5 aromatic rings. The molecule has 0 spiro atoms. The van der Waals surface area contributed by atoms with Gasteiger partial charge in [-0.3, -0.25) is 0 Å². The van der Waals surface area contributed by atoms with E-state index in [4.69, 9.17) is 0 Å². The van der Waals surface area contributed by atoms with Crippen molar-refractivity contribution in [3.63, 3.8) is 0 Å². The number of hydrogen-bond acceptors (Lipinski definition) is 2. The predicted octanol–water partition coefficient (Wildman–Crippen LogP) is 15.8. The molecule has 1 saturated carbocycles. The van der Waals surface area contributed by atoms with Gasteiger partial charge in [0.2, 0.25) is 0 Å². The zero-order valence-corrected chi connectivity index (χ0v) is 38.1. The molecule has 0 aromatic heterocycles. The Kier molecular flexibility index (Phi) is 9.35.